The number of nitrogens with one attached hydrogen (secondary N) is 1. The molecule has 1 aliphatic rings. The van der Waals surface area contributed by atoms with Gasteiger partial charge in [0.25, 0.3) is 11.8 Å². The van der Waals surface area contributed by atoms with Gasteiger partial charge in [0.05, 0.1) is 11.1 Å². The topological polar surface area (TPSA) is 53.2 Å². The quantitative estimate of drug-likeness (QED) is 0.384. The van der Waals surface area contributed by atoms with Gasteiger partial charge >= 0.3 is 0 Å². The summed E-state index contributed by atoms with van der Waals surface area (Å²) in [5, 5.41) is 1.17. The first kappa shape index (κ1) is 17.3. The molecule has 136 valence electrons. The van der Waals surface area contributed by atoms with Crippen LogP contribution in [0.2, 0.25) is 0 Å². The van der Waals surface area contributed by atoms with Crippen LogP contribution >= 0.6 is 0 Å². The maximum Gasteiger partial charge on any atom is 0.261 e. The molecular formula is C23H22N2O2. The molecule has 0 radical (unpaired) electrons. The first-order valence-electron chi connectivity index (χ1n) is 9.35. The molecule has 0 saturated carbocycles. The SMILES string of the molecule is C=CCCCc1[nH]c2ccccc2c1CCN1C(=O)c2ccccc2C1=O. The van der Waals surface area contributed by atoms with Gasteiger partial charge in [-0.2, -0.15) is 0 Å². The number of aromatic amines is 1. The second-order valence-corrected chi connectivity index (χ2v) is 6.87. The number of H-pyrrole nitrogens is 1. The number of aromatic nitrogens is 1. The lowest BCUT2D eigenvalue weighted by atomic mass is 10.0. The number of carbonyl (C=O) groups excluding carboxylic acids is 2. The predicted octanol–water partition coefficient (Wildman–Crippen LogP) is 4.52. The lowest BCUT2D eigenvalue weighted by Gasteiger charge is -2.14. The van der Waals surface area contributed by atoms with Crippen LogP contribution in [-0.4, -0.2) is 28.2 Å². The summed E-state index contributed by atoms with van der Waals surface area (Å²) in [5.41, 5.74) is 4.50. The van der Waals surface area contributed by atoms with Crippen molar-refractivity contribution in [1.82, 2.24) is 9.88 Å². The van der Waals surface area contributed by atoms with Crippen molar-refractivity contribution >= 4 is 22.7 Å². The lowest BCUT2D eigenvalue weighted by molar-refractivity contribution is 0.0656. The average Bonchev–Trinajstić information content (AvgIpc) is 3.16. The number of para-hydroxylation sites is 1. The van der Waals surface area contributed by atoms with E-state index in [9.17, 15) is 9.59 Å². The molecule has 0 bridgehead atoms. The molecular weight excluding hydrogens is 336 g/mol. The van der Waals surface area contributed by atoms with Gasteiger partial charge in [-0.05, 0) is 49.4 Å². The molecule has 1 aromatic heterocycles. The number of imide groups is 1. The fourth-order valence-electron chi connectivity index (χ4n) is 3.84. The van der Waals surface area contributed by atoms with Gasteiger partial charge in [-0.25, -0.2) is 0 Å². The highest BCUT2D eigenvalue weighted by molar-refractivity contribution is 6.21. The molecule has 2 aromatic carbocycles. The van der Waals surface area contributed by atoms with E-state index in [-0.39, 0.29) is 11.8 Å². The number of unbranched alkanes of at least 4 members (excludes halogenated alkanes) is 1. The van der Waals surface area contributed by atoms with E-state index >= 15 is 0 Å². The largest absolute Gasteiger partial charge is 0.358 e. The number of aryl methyl sites for hydroxylation is 1. The van der Waals surface area contributed by atoms with E-state index in [1.54, 1.807) is 24.3 Å². The Morgan fingerprint density at radius 1 is 0.926 bits per heavy atom. The van der Waals surface area contributed by atoms with Gasteiger partial charge in [0.15, 0.2) is 0 Å². The normalized spacial score (nSPS) is 13.4. The molecule has 2 amide bonds. The third-order valence-corrected chi connectivity index (χ3v) is 5.20. The summed E-state index contributed by atoms with van der Waals surface area (Å²) in [6, 6.07) is 15.2. The Balaban J connectivity index is 1.59. The summed E-state index contributed by atoms with van der Waals surface area (Å²) in [6.45, 7) is 4.18. The van der Waals surface area contributed by atoms with Crippen molar-refractivity contribution in [2.75, 3.05) is 6.54 Å². The van der Waals surface area contributed by atoms with Crippen LogP contribution in [0.3, 0.4) is 0 Å². The van der Waals surface area contributed by atoms with Gasteiger partial charge in [0.2, 0.25) is 0 Å². The molecule has 0 fully saturated rings. The van der Waals surface area contributed by atoms with Gasteiger partial charge in [0.1, 0.15) is 0 Å². The fraction of sp³-hybridized carbons (Fsp3) is 0.217. The minimum atomic E-state index is -0.191. The maximum absolute atomic E-state index is 12.6. The van der Waals surface area contributed by atoms with E-state index in [4.69, 9.17) is 0 Å². The maximum atomic E-state index is 12.6. The van der Waals surface area contributed by atoms with Crippen LogP contribution in [0.4, 0.5) is 0 Å². The lowest BCUT2D eigenvalue weighted by Crippen LogP contribution is -2.31. The summed E-state index contributed by atoms with van der Waals surface area (Å²) < 4.78 is 0. The Hall–Kier alpha value is -3.14. The number of fused-ring (bicyclic) bond motifs is 2. The number of nitrogens with zero attached hydrogens (tertiary/aromatic N) is 1. The number of carbonyl (C=O) groups is 2. The molecule has 0 atom stereocenters. The highest BCUT2D eigenvalue weighted by atomic mass is 16.2. The van der Waals surface area contributed by atoms with Gasteiger partial charge in [0, 0.05) is 23.1 Å². The smallest absolute Gasteiger partial charge is 0.261 e. The summed E-state index contributed by atoms with van der Waals surface area (Å²) in [4.78, 5) is 30.1. The summed E-state index contributed by atoms with van der Waals surface area (Å²) >= 11 is 0. The molecule has 0 saturated heterocycles. The van der Waals surface area contributed by atoms with Gasteiger partial charge in [-0.1, -0.05) is 36.4 Å². The molecule has 1 N–H and O–H groups in total. The molecule has 27 heavy (non-hydrogen) atoms. The predicted molar refractivity (Wildman–Crippen MR) is 107 cm³/mol. The van der Waals surface area contributed by atoms with Crippen LogP contribution < -0.4 is 0 Å². The van der Waals surface area contributed by atoms with E-state index in [0.29, 0.717) is 24.1 Å². The third-order valence-electron chi connectivity index (χ3n) is 5.20. The Morgan fingerprint density at radius 3 is 2.30 bits per heavy atom. The molecule has 0 spiro atoms. The van der Waals surface area contributed by atoms with Crippen LogP contribution in [0.5, 0.6) is 0 Å². The van der Waals surface area contributed by atoms with Crippen molar-refractivity contribution in [2.45, 2.75) is 25.7 Å². The van der Waals surface area contributed by atoms with Crippen molar-refractivity contribution in [1.29, 1.82) is 0 Å². The number of amides is 2. The van der Waals surface area contributed by atoms with Gasteiger partial charge in [-0.15, -0.1) is 6.58 Å². The number of hydrogen-bond acceptors (Lipinski definition) is 2. The Bertz CT molecular complexity index is 997. The van der Waals surface area contributed by atoms with Gasteiger partial charge < -0.3 is 4.98 Å². The first-order valence-corrected chi connectivity index (χ1v) is 9.35. The van der Waals surface area contributed by atoms with Crippen molar-refractivity contribution in [3.63, 3.8) is 0 Å². The van der Waals surface area contributed by atoms with E-state index in [1.807, 2.05) is 18.2 Å². The summed E-state index contributed by atoms with van der Waals surface area (Å²) in [7, 11) is 0. The van der Waals surface area contributed by atoms with Crippen LogP contribution in [0, 0.1) is 0 Å². The van der Waals surface area contributed by atoms with Crippen LogP contribution in [0.1, 0.15) is 44.8 Å². The summed E-state index contributed by atoms with van der Waals surface area (Å²) in [6.07, 6.45) is 5.50. The van der Waals surface area contributed by atoms with Gasteiger partial charge in [-0.3, -0.25) is 14.5 Å². The number of benzene rings is 2. The molecule has 4 rings (SSSR count). The molecule has 4 heteroatoms. The highest BCUT2D eigenvalue weighted by Crippen LogP contribution is 2.27. The van der Waals surface area contributed by atoms with Crippen LogP contribution in [0.15, 0.2) is 61.2 Å². The second-order valence-electron chi connectivity index (χ2n) is 6.87. The zero-order valence-electron chi connectivity index (χ0n) is 15.2. The molecule has 0 aliphatic carbocycles. The summed E-state index contributed by atoms with van der Waals surface area (Å²) in [5.74, 6) is -0.382. The monoisotopic (exact) mass is 358 g/mol. The molecule has 0 unspecified atom stereocenters. The molecule has 3 aromatic rings. The second kappa shape index (κ2) is 7.23. The van der Waals surface area contributed by atoms with Crippen molar-refractivity contribution < 1.29 is 9.59 Å². The van der Waals surface area contributed by atoms with Crippen molar-refractivity contribution in [3.05, 3.63) is 83.6 Å². The number of rotatable bonds is 7. The van der Waals surface area contributed by atoms with E-state index < -0.39 is 0 Å². The Labute approximate surface area is 158 Å². The zero-order valence-corrected chi connectivity index (χ0v) is 15.2. The van der Waals surface area contributed by atoms with E-state index in [2.05, 4.69) is 23.7 Å². The van der Waals surface area contributed by atoms with Crippen LogP contribution in [-0.2, 0) is 12.8 Å². The van der Waals surface area contributed by atoms with Crippen molar-refractivity contribution in [3.8, 4) is 0 Å². The first-order chi connectivity index (χ1) is 13.2. The highest BCUT2D eigenvalue weighted by Gasteiger charge is 2.34. The number of hydrogen-bond donors (Lipinski definition) is 1. The molecule has 1 aliphatic heterocycles. The standard InChI is InChI=1S/C23H22N2O2/c1-2-3-4-12-21-17(16-9-7-8-13-20(16)24-21)14-15-25-22(26)18-10-5-6-11-19(18)23(25)27/h2,5-11,13,24H,1,3-4,12,14-15H2. The average molecular weight is 358 g/mol. The van der Waals surface area contributed by atoms with Crippen molar-refractivity contribution in [2.24, 2.45) is 0 Å². The van der Waals surface area contributed by atoms with Crippen LogP contribution in [0.25, 0.3) is 10.9 Å². The minimum absolute atomic E-state index is 0.191. The van der Waals surface area contributed by atoms with E-state index in [1.165, 1.54) is 21.5 Å². The minimum Gasteiger partial charge on any atom is -0.358 e. The molecule has 2 heterocycles. The van der Waals surface area contributed by atoms with E-state index in [0.717, 1.165) is 24.8 Å². The Morgan fingerprint density at radius 2 is 1.59 bits per heavy atom. The number of allylic oxidation sites excluding steroid dienone is 1. The zero-order chi connectivity index (χ0) is 18.8. The Kier molecular flexibility index (Phi) is 4.63. The fourth-order valence-corrected chi connectivity index (χ4v) is 3.84. The third kappa shape index (κ3) is 3.08. The molecule has 4 nitrogen and oxygen atoms in total.